The largest absolute Gasteiger partial charge is 0.381 e. The molecule has 0 aliphatic rings. The summed E-state index contributed by atoms with van der Waals surface area (Å²) in [6.07, 6.45) is 8.49. The summed E-state index contributed by atoms with van der Waals surface area (Å²) in [7, 11) is 0. The van der Waals surface area contributed by atoms with Crippen molar-refractivity contribution in [3.05, 3.63) is 22.6 Å². The molecule has 1 atom stereocenters. The maximum absolute atomic E-state index is 10.9. The van der Waals surface area contributed by atoms with Crippen LogP contribution < -0.4 is 0 Å². The van der Waals surface area contributed by atoms with Gasteiger partial charge in [-0.3, -0.25) is 0 Å². The molecule has 0 radical (unpaired) electrons. The minimum absolute atomic E-state index is 0.217. The number of carbonyl (C=O) groups is 1. The quantitative estimate of drug-likeness (QED) is 0.302. The first-order valence-electron chi connectivity index (χ1n) is 5.82. The second kappa shape index (κ2) is 6.78. The molecule has 1 rings (SSSR count). The molecule has 0 amide bonds. The molecule has 0 aliphatic heterocycles. The highest BCUT2D eigenvalue weighted by Crippen LogP contribution is 2.17. The van der Waals surface area contributed by atoms with Crippen molar-refractivity contribution < 1.29 is 9.72 Å². The highest BCUT2D eigenvalue weighted by molar-refractivity contribution is 5.55. The van der Waals surface area contributed by atoms with Crippen LogP contribution in [0.25, 0.3) is 0 Å². The van der Waals surface area contributed by atoms with Gasteiger partial charge in [0.1, 0.15) is 12.5 Å². The second-order valence-electron chi connectivity index (χ2n) is 3.99. The molecule has 6 nitrogen and oxygen atoms in total. The lowest BCUT2D eigenvalue weighted by Gasteiger charge is -2.09. The van der Waals surface area contributed by atoms with Crippen LogP contribution in [0.1, 0.15) is 45.1 Å². The minimum atomic E-state index is -0.560. The smallest absolute Gasteiger partial charge is 0.358 e. The number of carbonyl (C=O) groups excluding carboxylic acids is 1. The molecule has 0 saturated carbocycles. The molecule has 1 aromatic heterocycles. The summed E-state index contributed by atoms with van der Waals surface area (Å²) in [5, 5.41) is 10.5. The first kappa shape index (κ1) is 13.3. The number of unbranched alkanes of at least 4 members (excludes halogenated alkanes) is 3. The van der Waals surface area contributed by atoms with Crippen molar-refractivity contribution in [2.75, 3.05) is 0 Å². The zero-order chi connectivity index (χ0) is 12.7. The minimum Gasteiger partial charge on any atom is -0.358 e. The zero-order valence-corrected chi connectivity index (χ0v) is 9.91. The number of hydrogen-bond acceptors (Lipinski definition) is 4. The Kier molecular flexibility index (Phi) is 5.32. The fourth-order valence-corrected chi connectivity index (χ4v) is 1.67. The van der Waals surface area contributed by atoms with E-state index in [1.54, 1.807) is 0 Å². The van der Waals surface area contributed by atoms with Crippen LogP contribution in [0.3, 0.4) is 0 Å². The number of aldehydes is 1. The van der Waals surface area contributed by atoms with E-state index < -0.39 is 4.92 Å². The van der Waals surface area contributed by atoms with Crippen LogP contribution in [-0.4, -0.2) is 20.8 Å². The van der Waals surface area contributed by atoms with Gasteiger partial charge in [-0.2, -0.15) is 0 Å². The molecule has 17 heavy (non-hydrogen) atoms. The Morgan fingerprint density at radius 3 is 2.82 bits per heavy atom. The lowest BCUT2D eigenvalue weighted by Crippen LogP contribution is -2.08. The lowest BCUT2D eigenvalue weighted by atomic mass is 10.1. The van der Waals surface area contributed by atoms with Crippen LogP contribution in [0.15, 0.2) is 12.5 Å². The molecule has 0 saturated heterocycles. The van der Waals surface area contributed by atoms with Crippen LogP contribution in [0.2, 0.25) is 0 Å². The van der Waals surface area contributed by atoms with Gasteiger partial charge in [-0.15, -0.1) is 0 Å². The van der Waals surface area contributed by atoms with Gasteiger partial charge < -0.3 is 19.5 Å². The van der Waals surface area contributed by atoms with Gasteiger partial charge in [0.05, 0.1) is 6.04 Å². The average Bonchev–Trinajstić information content (AvgIpc) is 2.79. The van der Waals surface area contributed by atoms with Crippen LogP contribution in [0.4, 0.5) is 5.82 Å². The van der Waals surface area contributed by atoms with Gasteiger partial charge in [-0.05, 0) is 16.3 Å². The Morgan fingerprint density at radius 2 is 2.29 bits per heavy atom. The Hall–Kier alpha value is -1.72. The number of imidazole rings is 1. The van der Waals surface area contributed by atoms with E-state index in [9.17, 15) is 14.9 Å². The fourth-order valence-electron chi connectivity index (χ4n) is 1.67. The van der Waals surface area contributed by atoms with E-state index in [-0.39, 0.29) is 11.9 Å². The summed E-state index contributed by atoms with van der Waals surface area (Å²) in [6, 6.07) is -0.340. The molecular weight excluding hydrogens is 222 g/mol. The molecule has 94 valence electrons. The summed E-state index contributed by atoms with van der Waals surface area (Å²) in [5.41, 5.74) is 0. The second-order valence-corrected chi connectivity index (χ2v) is 3.99. The third-order valence-corrected chi connectivity index (χ3v) is 2.67. The molecule has 1 aromatic rings. The summed E-state index contributed by atoms with van der Waals surface area (Å²) in [4.78, 5) is 24.5. The molecule has 0 bridgehead atoms. The third kappa shape index (κ3) is 3.97. The standard InChI is InChI=1S/C11H17N3O3/c1-2-3-4-5-6-10(8-15)13-7-11(12-9-13)14(16)17/h7-10H,2-6H2,1H3/t10-/m1/s1. The van der Waals surface area contributed by atoms with Crippen LogP contribution >= 0.6 is 0 Å². The number of aromatic nitrogens is 2. The molecule has 0 aromatic carbocycles. The summed E-state index contributed by atoms with van der Waals surface area (Å²) >= 11 is 0. The number of nitrogens with zero attached hydrogens (tertiary/aromatic N) is 3. The van der Waals surface area contributed by atoms with Crippen molar-refractivity contribution in [1.82, 2.24) is 9.55 Å². The monoisotopic (exact) mass is 239 g/mol. The molecule has 0 fully saturated rings. The van der Waals surface area contributed by atoms with E-state index in [2.05, 4.69) is 11.9 Å². The van der Waals surface area contributed by atoms with Crippen molar-refractivity contribution in [2.45, 2.75) is 45.1 Å². The fraction of sp³-hybridized carbons (Fsp3) is 0.636. The predicted molar refractivity (Wildman–Crippen MR) is 62.7 cm³/mol. The maximum Gasteiger partial charge on any atom is 0.381 e. The number of hydrogen-bond donors (Lipinski definition) is 0. The van der Waals surface area contributed by atoms with E-state index in [0.29, 0.717) is 6.42 Å². The molecule has 0 unspecified atom stereocenters. The number of rotatable bonds is 8. The molecular formula is C11H17N3O3. The Bertz CT molecular complexity index is 376. The Balaban J connectivity index is 2.53. The van der Waals surface area contributed by atoms with E-state index in [0.717, 1.165) is 32.0 Å². The van der Waals surface area contributed by atoms with Gasteiger partial charge in [0.25, 0.3) is 0 Å². The third-order valence-electron chi connectivity index (χ3n) is 2.67. The van der Waals surface area contributed by atoms with Gasteiger partial charge in [0.2, 0.25) is 6.33 Å². The SMILES string of the molecule is CCCCCC[C@H](C=O)n1cnc([N+](=O)[O-])c1. The van der Waals surface area contributed by atoms with Gasteiger partial charge in [0.15, 0.2) is 0 Å². The van der Waals surface area contributed by atoms with Crippen LogP contribution in [-0.2, 0) is 4.79 Å². The topological polar surface area (TPSA) is 78.0 Å². The maximum atomic E-state index is 10.9. The summed E-state index contributed by atoms with van der Waals surface area (Å²) in [5.74, 6) is -0.217. The van der Waals surface area contributed by atoms with E-state index in [1.807, 2.05) is 0 Å². The van der Waals surface area contributed by atoms with Gasteiger partial charge >= 0.3 is 5.82 Å². The van der Waals surface area contributed by atoms with E-state index >= 15 is 0 Å². The number of nitro groups is 1. The molecule has 1 heterocycles. The van der Waals surface area contributed by atoms with E-state index in [4.69, 9.17) is 0 Å². The van der Waals surface area contributed by atoms with Gasteiger partial charge in [0, 0.05) is 0 Å². The van der Waals surface area contributed by atoms with Gasteiger partial charge in [-0.25, -0.2) is 0 Å². The molecule has 0 spiro atoms. The normalized spacial score (nSPS) is 12.3. The highest BCUT2D eigenvalue weighted by atomic mass is 16.6. The van der Waals surface area contributed by atoms with Crippen LogP contribution in [0.5, 0.6) is 0 Å². The van der Waals surface area contributed by atoms with Crippen LogP contribution in [0, 0.1) is 10.1 Å². The zero-order valence-electron chi connectivity index (χ0n) is 9.91. The first-order valence-corrected chi connectivity index (χ1v) is 5.82. The summed E-state index contributed by atoms with van der Waals surface area (Å²) < 4.78 is 1.51. The van der Waals surface area contributed by atoms with Gasteiger partial charge in [-0.1, -0.05) is 32.6 Å². The average molecular weight is 239 g/mol. The summed E-state index contributed by atoms with van der Waals surface area (Å²) in [6.45, 7) is 2.12. The molecule has 0 aliphatic carbocycles. The molecule has 6 heteroatoms. The Labute approximate surface area is 99.8 Å². The van der Waals surface area contributed by atoms with Crippen molar-refractivity contribution >= 4 is 12.1 Å². The van der Waals surface area contributed by atoms with E-state index in [1.165, 1.54) is 17.1 Å². The Morgan fingerprint density at radius 1 is 1.53 bits per heavy atom. The van der Waals surface area contributed by atoms with Crippen molar-refractivity contribution in [2.24, 2.45) is 0 Å². The van der Waals surface area contributed by atoms with Crippen molar-refractivity contribution in [3.8, 4) is 0 Å². The van der Waals surface area contributed by atoms with Crippen molar-refractivity contribution in [1.29, 1.82) is 0 Å². The first-order chi connectivity index (χ1) is 8.19. The predicted octanol–water partition coefficient (Wildman–Crippen LogP) is 2.50. The van der Waals surface area contributed by atoms with Crippen molar-refractivity contribution in [3.63, 3.8) is 0 Å². The lowest BCUT2D eigenvalue weighted by molar-refractivity contribution is -0.389. The molecule has 0 N–H and O–H groups in total. The highest BCUT2D eigenvalue weighted by Gasteiger charge is 2.16.